The van der Waals surface area contributed by atoms with Crippen LogP contribution in [0.5, 0.6) is 0 Å². The Labute approximate surface area is 124 Å². The molecule has 3 heteroatoms. The fourth-order valence-electron chi connectivity index (χ4n) is 4.69. The van der Waals surface area contributed by atoms with Gasteiger partial charge in [-0.15, -0.1) is 0 Å². The lowest BCUT2D eigenvalue weighted by molar-refractivity contribution is 0.131. The molecule has 3 fully saturated rings. The van der Waals surface area contributed by atoms with Crippen molar-refractivity contribution >= 4 is 0 Å². The van der Waals surface area contributed by atoms with E-state index in [2.05, 4.69) is 29.5 Å². The molecule has 0 saturated carbocycles. The number of nitrogens with one attached hydrogen (secondary N) is 2. The average molecular weight is 279 g/mol. The van der Waals surface area contributed by atoms with Crippen molar-refractivity contribution in [1.82, 2.24) is 15.5 Å². The summed E-state index contributed by atoms with van der Waals surface area (Å²) in [6, 6.07) is 3.20. The predicted octanol–water partition coefficient (Wildman–Crippen LogP) is 2.37. The van der Waals surface area contributed by atoms with Gasteiger partial charge in [0.25, 0.3) is 0 Å². The minimum atomic E-state index is 0.669. The summed E-state index contributed by atoms with van der Waals surface area (Å²) in [6.07, 6.45) is 11.2. The second-order valence-corrected chi connectivity index (χ2v) is 7.58. The molecule has 0 aliphatic carbocycles. The van der Waals surface area contributed by atoms with Gasteiger partial charge in [0.1, 0.15) is 0 Å². The molecule has 4 atom stereocenters. The summed E-state index contributed by atoms with van der Waals surface area (Å²) in [5.74, 6) is 0.922. The van der Waals surface area contributed by atoms with Crippen molar-refractivity contribution in [1.29, 1.82) is 0 Å². The first-order valence-electron chi connectivity index (χ1n) is 8.91. The maximum atomic E-state index is 3.82. The molecule has 20 heavy (non-hydrogen) atoms. The van der Waals surface area contributed by atoms with Gasteiger partial charge >= 0.3 is 0 Å². The van der Waals surface area contributed by atoms with Gasteiger partial charge < -0.3 is 15.5 Å². The van der Waals surface area contributed by atoms with Crippen LogP contribution >= 0.6 is 0 Å². The molecule has 3 heterocycles. The maximum Gasteiger partial charge on any atom is 0.00988 e. The van der Waals surface area contributed by atoms with Gasteiger partial charge in [-0.1, -0.05) is 6.42 Å². The molecule has 3 rings (SSSR count). The summed E-state index contributed by atoms with van der Waals surface area (Å²) in [5, 5.41) is 7.50. The standard InChI is InChI=1S/C17H33N3/c1-13(9-15-5-3-4-8-18-15)19-12-14-10-16-6-7-17(11-14)20(16)2/h13-19H,3-12H2,1-2H3. The van der Waals surface area contributed by atoms with Gasteiger partial charge in [-0.2, -0.15) is 0 Å². The third kappa shape index (κ3) is 3.55. The minimum Gasteiger partial charge on any atom is -0.314 e. The summed E-state index contributed by atoms with van der Waals surface area (Å²) in [5.41, 5.74) is 0. The summed E-state index contributed by atoms with van der Waals surface area (Å²) < 4.78 is 0. The first-order valence-corrected chi connectivity index (χ1v) is 8.91. The summed E-state index contributed by atoms with van der Waals surface area (Å²) >= 11 is 0. The topological polar surface area (TPSA) is 27.3 Å². The Morgan fingerprint density at radius 2 is 1.90 bits per heavy atom. The minimum absolute atomic E-state index is 0.669. The molecule has 3 saturated heterocycles. The molecule has 0 spiro atoms. The van der Waals surface area contributed by atoms with Crippen LogP contribution in [0.3, 0.4) is 0 Å². The molecular formula is C17H33N3. The molecule has 4 unspecified atom stereocenters. The molecular weight excluding hydrogens is 246 g/mol. The molecule has 0 radical (unpaired) electrons. The van der Waals surface area contributed by atoms with E-state index in [-0.39, 0.29) is 0 Å². The van der Waals surface area contributed by atoms with Crippen molar-refractivity contribution < 1.29 is 0 Å². The van der Waals surface area contributed by atoms with Crippen LogP contribution < -0.4 is 10.6 Å². The van der Waals surface area contributed by atoms with E-state index >= 15 is 0 Å². The highest BCUT2D eigenvalue weighted by atomic mass is 15.2. The summed E-state index contributed by atoms with van der Waals surface area (Å²) in [4.78, 5) is 2.64. The lowest BCUT2D eigenvalue weighted by Gasteiger charge is -2.37. The highest BCUT2D eigenvalue weighted by Crippen LogP contribution is 2.37. The Balaban J connectivity index is 1.36. The van der Waals surface area contributed by atoms with Crippen LogP contribution in [0.25, 0.3) is 0 Å². The number of fused-ring (bicyclic) bond motifs is 2. The Kier molecular flexibility index (Phi) is 5.00. The van der Waals surface area contributed by atoms with E-state index in [1.54, 1.807) is 0 Å². The van der Waals surface area contributed by atoms with Crippen LogP contribution in [0.2, 0.25) is 0 Å². The van der Waals surface area contributed by atoms with Gasteiger partial charge in [0.15, 0.2) is 0 Å². The lowest BCUT2D eigenvalue weighted by atomic mass is 9.90. The molecule has 2 bridgehead atoms. The van der Waals surface area contributed by atoms with E-state index in [0.29, 0.717) is 6.04 Å². The molecule has 2 N–H and O–H groups in total. The number of piperidine rings is 2. The Bertz CT molecular complexity index is 287. The number of nitrogens with zero attached hydrogens (tertiary/aromatic N) is 1. The van der Waals surface area contributed by atoms with Crippen LogP contribution in [0.4, 0.5) is 0 Å². The van der Waals surface area contributed by atoms with Gasteiger partial charge in [-0.3, -0.25) is 0 Å². The van der Waals surface area contributed by atoms with Crippen molar-refractivity contribution in [2.75, 3.05) is 20.1 Å². The number of hydrogen-bond acceptors (Lipinski definition) is 3. The van der Waals surface area contributed by atoms with Crippen molar-refractivity contribution in [3.05, 3.63) is 0 Å². The summed E-state index contributed by atoms with van der Waals surface area (Å²) in [7, 11) is 2.34. The first kappa shape index (κ1) is 14.8. The molecule has 3 nitrogen and oxygen atoms in total. The van der Waals surface area contributed by atoms with E-state index in [0.717, 1.165) is 24.0 Å². The quantitative estimate of drug-likeness (QED) is 0.809. The Hall–Kier alpha value is -0.120. The van der Waals surface area contributed by atoms with Gasteiger partial charge in [0, 0.05) is 24.2 Å². The molecule has 0 aromatic carbocycles. The summed E-state index contributed by atoms with van der Waals surface area (Å²) in [6.45, 7) is 4.85. The van der Waals surface area contributed by atoms with E-state index in [1.807, 2.05) is 0 Å². The smallest absolute Gasteiger partial charge is 0.00988 e. The number of hydrogen-bond donors (Lipinski definition) is 2. The van der Waals surface area contributed by atoms with Crippen molar-refractivity contribution in [3.8, 4) is 0 Å². The molecule has 0 aromatic rings. The van der Waals surface area contributed by atoms with Gasteiger partial charge in [0.2, 0.25) is 0 Å². The molecule has 0 amide bonds. The maximum absolute atomic E-state index is 3.82. The van der Waals surface area contributed by atoms with Crippen molar-refractivity contribution in [2.45, 2.75) is 82.5 Å². The SMILES string of the molecule is CC(CC1CCCCN1)NCC1CC2CCC(C1)N2C. The molecule has 3 aliphatic heterocycles. The first-order chi connectivity index (χ1) is 9.72. The van der Waals surface area contributed by atoms with Crippen LogP contribution in [0, 0.1) is 5.92 Å². The zero-order valence-corrected chi connectivity index (χ0v) is 13.4. The van der Waals surface area contributed by atoms with Crippen LogP contribution in [0.15, 0.2) is 0 Å². The Morgan fingerprint density at radius 1 is 1.15 bits per heavy atom. The third-order valence-electron chi connectivity index (χ3n) is 6.00. The van der Waals surface area contributed by atoms with Gasteiger partial charge in [-0.25, -0.2) is 0 Å². The van der Waals surface area contributed by atoms with Gasteiger partial charge in [-0.05, 0) is 77.9 Å². The lowest BCUT2D eigenvalue weighted by Crippen LogP contribution is -2.45. The highest BCUT2D eigenvalue weighted by Gasteiger charge is 2.38. The highest BCUT2D eigenvalue weighted by molar-refractivity contribution is 4.94. The van der Waals surface area contributed by atoms with E-state index < -0.39 is 0 Å². The molecule has 3 aliphatic rings. The fraction of sp³-hybridized carbons (Fsp3) is 1.00. The largest absolute Gasteiger partial charge is 0.314 e. The van der Waals surface area contributed by atoms with E-state index in [4.69, 9.17) is 0 Å². The number of rotatable bonds is 5. The Morgan fingerprint density at radius 3 is 2.55 bits per heavy atom. The fourth-order valence-corrected chi connectivity index (χ4v) is 4.69. The van der Waals surface area contributed by atoms with Crippen LogP contribution in [-0.4, -0.2) is 49.2 Å². The third-order valence-corrected chi connectivity index (χ3v) is 6.00. The zero-order valence-electron chi connectivity index (χ0n) is 13.4. The van der Waals surface area contributed by atoms with Crippen LogP contribution in [0.1, 0.15) is 58.3 Å². The zero-order chi connectivity index (χ0) is 13.9. The molecule has 116 valence electrons. The average Bonchev–Trinajstić information content (AvgIpc) is 2.68. The van der Waals surface area contributed by atoms with Crippen molar-refractivity contribution in [3.63, 3.8) is 0 Å². The monoisotopic (exact) mass is 279 g/mol. The van der Waals surface area contributed by atoms with E-state index in [9.17, 15) is 0 Å². The van der Waals surface area contributed by atoms with E-state index in [1.165, 1.54) is 64.5 Å². The second kappa shape index (κ2) is 6.76. The molecule has 0 aromatic heterocycles. The predicted molar refractivity (Wildman–Crippen MR) is 85.0 cm³/mol. The normalized spacial score (nSPS) is 39.9. The van der Waals surface area contributed by atoms with Crippen LogP contribution in [-0.2, 0) is 0 Å². The van der Waals surface area contributed by atoms with Gasteiger partial charge in [0.05, 0.1) is 0 Å². The second-order valence-electron chi connectivity index (χ2n) is 7.58. The van der Waals surface area contributed by atoms with Crippen molar-refractivity contribution in [2.24, 2.45) is 5.92 Å².